The van der Waals surface area contributed by atoms with E-state index in [2.05, 4.69) is 46.8 Å². The van der Waals surface area contributed by atoms with E-state index in [4.69, 9.17) is 12.2 Å². The fraction of sp³-hybridized carbons (Fsp3) is 0.333. The van der Waals surface area contributed by atoms with Gasteiger partial charge in [-0.1, -0.05) is 29.8 Å². The molecule has 0 atom stereocenters. The lowest BCUT2D eigenvalue weighted by atomic mass is 10.2. The van der Waals surface area contributed by atoms with Crippen molar-refractivity contribution in [2.75, 3.05) is 17.6 Å². The van der Waals surface area contributed by atoms with E-state index in [0.717, 1.165) is 35.9 Å². The summed E-state index contributed by atoms with van der Waals surface area (Å²) in [6, 6.07) is 12.6. The number of aryl methyl sites for hydroxylation is 2. The normalized spacial score (nSPS) is 10.3. The van der Waals surface area contributed by atoms with Gasteiger partial charge in [0.2, 0.25) is 0 Å². The molecular weight excluding hydrogens is 322 g/mol. The zero-order valence-corrected chi connectivity index (χ0v) is 15.3. The van der Waals surface area contributed by atoms with Gasteiger partial charge < -0.3 is 10.6 Å². The summed E-state index contributed by atoms with van der Waals surface area (Å²) in [6.07, 6.45) is 2.86. The highest BCUT2D eigenvalue weighted by Gasteiger charge is 1.99. The van der Waals surface area contributed by atoms with Crippen molar-refractivity contribution in [3.63, 3.8) is 0 Å². The van der Waals surface area contributed by atoms with E-state index in [1.54, 1.807) is 6.20 Å². The molecule has 0 fully saturated rings. The van der Waals surface area contributed by atoms with E-state index in [1.165, 1.54) is 11.1 Å². The summed E-state index contributed by atoms with van der Waals surface area (Å²) in [5.41, 5.74) is 3.88. The van der Waals surface area contributed by atoms with Gasteiger partial charge in [-0.25, -0.2) is 4.98 Å². The fourth-order valence-corrected chi connectivity index (χ4v) is 3.25. The molecule has 0 aliphatic heterocycles. The van der Waals surface area contributed by atoms with Crippen molar-refractivity contribution in [2.24, 2.45) is 0 Å². The molecule has 1 aromatic heterocycles. The summed E-state index contributed by atoms with van der Waals surface area (Å²) in [6.45, 7) is 5.04. The molecule has 0 amide bonds. The molecule has 0 radical (unpaired) electrons. The number of anilines is 1. The van der Waals surface area contributed by atoms with Gasteiger partial charge in [0.05, 0.1) is 0 Å². The van der Waals surface area contributed by atoms with Crippen molar-refractivity contribution >= 4 is 34.9 Å². The number of nitrogens with one attached hydrogen (secondary N) is 2. The maximum atomic E-state index is 5.28. The van der Waals surface area contributed by atoms with Gasteiger partial charge in [0.25, 0.3) is 0 Å². The molecule has 0 aliphatic carbocycles. The molecule has 2 rings (SSSR count). The highest BCUT2D eigenvalue weighted by Crippen LogP contribution is 2.14. The lowest BCUT2D eigenvalue weighted by molar-refractivity contribution is 0.854. The van der Waals surface area contributed by atoms with E-state index >= 15 is 0 Å². The van der Waals surface area contributed by atoms with E-state index in [-0.39, 0.29) is 0 Å². The smallest absolute Gasteiger partial charge is 0.171 e. The third-order valence-corrected chi connectivity index (χ3v) is 4.62. The van der Waals surface area contributed by atoms with Gasteiger partial charge in [-0.15, -0.1) is 0 Å². The average Bonchev–Trinajstić information content (AvgIpc) is 2.51. The lowest BCUT2D eigenvalue weighted by Crippen LogP contribution is -2.29. The SMILES string of the molecule is Cc1cccc(CSCCCNC(=S)Nc2cc(C)ccn2)c1. The lowest BCUT2D eigenvalue weighted by Gasteiger charge is -2.10. The molecule has 1 aromatic carbocycles. The number of hydrogen-bond donors (Lipinski definition) is 2. The molecule has 5 heteroatoms. The summed E-state index contributed by atoms with van der Waals surface area (Å²) in [5.74, 6) is 2.97. The van der Waals surface area contributed by atoms with Crippen molar-refractivity contribution in [3.8, 4) is 0 Å². The Morgan fingerprint density at radius 2 is 2.00 bits per heavy atom. The second-order valence-electron chi connectivity index (χ2n) is 5.49. The number of thioether (sulfide) groups is 1. The zero-order valence-electron chi connectivity index (χ0n) is 13.6. The summed E-state index contributed by atoms with van der Waals surface area (Å²) in [4.78, 5) is 4.24. The van der Waals surface area contributed by atoms with Gasteiger partial charge in [0.15, 0.2) is 5.11 Å². The van der Waals surface area contributed by atoms with Gasteiger partial charge in [0.1, 0.15) is 5.82 Å². The average molecular weight is 346 g/mol. The Balaban J connectivity index is 1.57. The standard InChI is InChI=1S/C18H23N3S2/c1-14-5-3-6-16(11-14)13-23-10-4-8-20-18(22)21-17-12-15(2)7-9-19-17/h3,5-7,9,11-12H,4,8,10,13H2,1-2H3,(H2,19,20,21,22). The van der Waals surface area contributed by atoms with Crippen LogP contribution >= 0.6 is 24.0 Å². The van der Waals surface area contributed by atoms with E-state index in [1.807, 2.05) is 30.8 Å². The van der Waals surface area contributed by atoms with Crippen molar-refractivity contribution in [1.82, 2.24) is 10.3 Å². The molecule has 0 bridgehead atoms. The van der Waals surface area contributed by atoms with Gasteiger partial charge in [-0.05, 0) is 61.5 Å². The molecule has 2 N–H and O–H groups in total. The molecule has 0 spiro atoms. The summed E-state index contributed by atoms with van der Waals surface area (Å²) < 4.78 is 0. The molecule has 0 saturated carbocycles. The Labute approximate surface area is 148 Å². The van der Waals surface area contributed by atoms with Crippen LogP contribution in [0.4, 0.5) is 5.82 Å². The van der Waals surface area contributed by atoms with Crippen LogP contribution in [0.3, 0.4) is 0 Å². The Morgan fingerprint density at radius 3 is 2.78 bits per heavy atom. The maximum Gasteiger partial charge on any atom is 0.171 e. The van der Waals surface area contributed by atoms with E-state index in [0.29, 0.717) is 5.11 Å². The number of pyridine rings is 1. The van der Waals surface area contributed by atoms with Crippen LogP contribution in [0.2, 0.25) is 0 Å². The minimum Gasteiger partial charge on any atom is -0.362 e. The third-order valence-electron chi connectivity index (χ3n) is 3.26. The van der Waals surface area contributed by atoms with Crippen LogP contribution in [0, 0.1) is 13.8 Å². The monoisotopic (exact) mass is 345 g/mol. The van der Waals surface area contributed by atoms with E-state index in [9.17, 15) is 0 Å². The van der Waals surface area contributed by atoms with Crippen LogP contribution in [0.15, 0.2) is 42.6 Å². The highest BCUT2D eigenvalue weighted by atomic mass is 32.2. The molecule has 23 heavy (non-hydrogen) atoms. The van der Waals surface area contributed by atoms with Gasteiger partial charge in [-0.2, -0.15) is 11.8 Å². The molecule has 122 valence electrons. The number of aromatic nitrogens is 1. The predicted molar refractivity (Wildman–Crippen MR) is 105 cm³/mol. The maximum absolute atomic E-state index is 5.28. The van der Waals surface area contributed by atoms with Crippen molar-refractivity contribution in [1.29, 1.82) is 0 Å². The molecule has 3 nitrogen and oxygen atoms in total. The molecular formula is C18H23N3S2. The summed E-state index contributed by atoms with van der Waals surface area (Å²) in [7, 11) is 0. The van der Waals surface area contributed by atoms with E-state index < -0.39 is 0 Å². The predicted octanol–water partition coefficient (Wildman–Crippen LogP) is 4.31. The van der Waals surface area contributed by atoms with Crippen LogP contribution in [-0.4, -0.2) is 22.4 Å². The highest BCUT2D eigenvalue weighted by molar-refractivity contribution is 7.98. The summed E-state index contributed by atoms with van der Waals surface area (Å²) in [5, 5.41) is 6.96. The van der Waals surface area contributed by atoms with Crippen LogP contribution in [0.25, 0.3) is 0 Å². The largest absolute Gasteiger partial charge is 0.362 e. The number of nitrogens with zero attached hydrogens (tertiary/aromatic N) is 1. The Bertz CT molecular complexity index is 644. The Morgan fingerprint density at radius 1 is 1.17 bits per heavy atom. The first-order chi connectivity index (χ1) is 11.1. The number of hydrogen-bond acceptors (Lipinski definition) is 3. The summed E-state index contributed by atoms with van der Waals surface area (Å²) >= 11 is 7.24. The molecule has 0 aliphatic rings. The van der Waals surface area contributed by atoms with Crippen LogP contribution < -0.4 is 10.6 Å². The van der Waals surface area contributed by atoms with Crippen LogP contribution in [0.5, 0.6) is 0 Å². The third kappa shape index (κ3) is 7.01. The number of benzene rings is 1. The zero-order chi connectivity index (χ0) is 16.5. The topological polar surface area (TPSA) is 37.0 Å². The molecule has 0 saturated heterocycles. The van der Waals surface area contributed by atoms with Crippen LogP contribution in [-0.2, 0) is 5.75 Å². The van der Waals surface area contributed by atoms with Crippen LogP contribution in [0.1, 0.15) is 23.1 Å². The first-order valence-corrected chi connectivity index (χ1v) is 9.30. The minimum atomic E-state index is 0.631. The van der Waals surface area contributed by atoms with Crippen molar-refractivity contribution in [2.45, 2.75) is 26.0 Å². The molecule has 1 heterocycles. The quantitative estimate of drug-likeness (QED) is 0.578. The number of thiocarbonyl (C=S) groups is 1. The fourth-order valence-electron chi connectivity index (χ4n) is 2.13. The van der Waals surface area contributed by atoms with Gasteiger partial charge in [-0.3, -0.25) is 0 Å². The first-order valence-electron chi connectivity index (χ1n) is 7.74. The molecule has 2 aromatic rings. The number of rotatable bonds is 7. The molecule has 0 unspecified atom stereocenters. The first kappa shape index (κ1) is 17.8. The second kappa shape index (κ2) is 9.53. The minimum absolute atomic E-state index is 0.631. The Hall–Kier alpha value is -1.59. The Kier molecular flexibility index (Phi) is 7.36. The van der Waals surface area contributed by atoms with Gasteiger partial charge >= 0.3 is 0 Å². The van der Waals surface area contributed by atoms with Gasteiger partial charge in [0, 0.05) is 18.5 Å². The van der Waals surface area contributed by atoms with Crippen molar-refractivity contribution in [3.05, 3.63) is 59.3 Å². The second-order valence-corrected chi connectivity index (χ2v) is 7.01. The van der Waals surface area contributed by atoms with Crippen molar-refractivity contribution < 1.29 is 0 Å².